The van der Waals surface area contributed by atoms with Crippen LogP contribution in [-0.2, 0) is 10.0 Å². The van der Waals surface area contributed by atoms with Crippen molar-refractivity contribution in [3.8, 4) is 0 Å². The first kappa shape index (κ1) is 14.3. The van der Waals surface area contributed by atoms with E-state index in [1.165, 1.54) is 4.40 Å². The molecule has 2 heterocycles. The van der Waals surface area contributed by atoms with Gasteiger partial charge in [-0.15, -0.1) is 0 Å². The number of nitrogen functional groups attached to an aromatic ring is 1. The number of aromatic nitrogens is 2. The van der Waals surface area contributed by atoms with Gasteiger partial charge < -0.3 is 10.8 Å². The highest BCUT2D eigenvalue weighted by molar-refractivity contribution is 7.89. The molecular weight excluding hydrogens is 292 g/mol. The lowest BCUT2D eigenvalue weighted by Gasteiger charge is -2.25. The van der Waals surface area contributed by atoms with E-state index in [1.807, 2.05) is 0 Å². The molecule has 4 N–H and O–H groups in total. The van der Waals surface area contributed by atoms with Gasteiger partial charge in [-0.05, 0) is 37.8 Å². The zero-order chi connectivity index (χ0) is 15.0. The minimum absolute atomic E-state index is 0.00968. The highest BCUT2D eigenvalue weighted by atomic mass is 32.2. The molecule has 1 fully saturated rings. The third-order valence-corrected chi connectivity index (χ3v) is 5.34. The lowest BCUT2D eigenvalue weighted by molar-refractivity contribution is 0.120. The number of fused-ring (bicyclic) bond motifs is 1. The van der Waals surface area contributed by atoms with Gasteiger partial charge in [0.1, 0.15) is 5.65 Å². The molecule has 0 radical (unpaired) electrons. The molecule has 1 aliphatic carbocycles. The average Bonchev–Trinajstić information content (AvgIpc) is 2.77. The van der Waals surface area contributed by atoms with Crippen molar-refractivity contribution >= 4 is 21.5 Å². The molecule has 0 aliphatic heterocycles. The van der Waals surface area contributed by atoms with Crippen LogP contribution in [0.1, 0.15) is 25.7 Å². The first-order chi connectivity index (χ1) is 9.97. The average molecular weight is 310 g/mol. The van der Waals surface area contributed by atoms with Crippen molar-refractivity contribution in [2.24, 2.45) is 0 Å². The third-order valence-electron chi connectivity index (χ3n) is 3.78. The molecule has 2 aromatic rings. The Kier molecular flexibility index (Phi) is 3.60. The van der Waals surface area contributed by atoms with E-state index in [0.717, 1.165) is 0 Å². The second kappa shape index (κ2) is 5.28. The molecular formula is C13H18N4O3S. The minimum Gasteiger partial charge on any atom is -0.393 e. The van der Waals surface area contributed by atoms with Crippen LogP contribution in [0.2, 0.25) is 0 Å². The summed E-state index contributed by atoms with van der Waals surface area (Å²) >= 11 is 0. The Morgan fingerprint density at radius 1 is 1.29 bits per heavy atom. The summed E-state index contributed by atoms with van der Waals surface area (Å²) in [6, 6.07) is 5.02. The smallest absolute Gasteiger partial charge is 0.260 e. The van der Waals surface area contributed by atoms with E-state index in [2.05, 4.69) is 9.71 Å². The fraction of sp³-hybridized carbons (Fsp3) is 0.462. The van der Waals surface area contributed by atoms with Gasteiger partial charge in [-0.3, -0.25) is 4.40 Å². The van der Waals surface area contributed by atoms with E-state index in [-0.39, 0.29) is 23.0 Å². The molecule has 1 aliphatic rings. The molecule has 0 amide bonds. The Labute approximate surface area is 122 Å². The number of nitrogens with one attached hydrogen (secondary N) is 1. The second-order valence-electron chi connectivity index (χ2n) is 5.36. The quantitative estimate of drug-likeness (QED) is 0.764. The number of hydrogen-bond acceptors (Lipinski definition) is 5. The van der Waals surface area contributed by atoms with E-state index < -0.39 is 10.0 Å². The first-order valence-electron chi connectivity index (χ1n) is 6.90. The summed E-state index contributed by atoms with van der Waals surface area (Å²) in [5.41, 5.74) is 6.27. The Hall–Kier alpha value is -1.64. The van der Waals surface area contributed by atoms with Crippen LogP contribution in [0, 0.1) is 0 Å². The predicted octanol–water partition coefficient (Wildman–Crippen LogP) is 0.498. The minimum atomic E-state index is -3.75. The zero-order valence-electron chi connectivity index (χ0n) is 11.4. The summed E-state index contributed by atoms with van der Waals surface area (Å²) in [6.45, 7) is 0. The van der Waals surface area contributed by atoms with Gasteiger partial charge in [0, 0.05) is 12.2 Å². The maximum atomic E-state index is 12.6. The Morgan fingerprint density at radius 3 is 2.71 bits per heavy atom. The fourth-order valence-electron chi connectivity index (χ4n) is 2.73. The number of pyridine rings is 1. The molecule has 2 aromatic heterocycles. The maximum Gasteiger partial charge on any atom is 0.260 e. The number of sulfonamides is 1. The highest BCUT2D eigenvalue weighted by Crippen LogP contribution is 2.23. The molecule has 1 saturated carbocycles. The number of rotatable bonds is 3. The Morgan fingerprint density at radius 2 is 2.00 bits per heavy atom. The van der Waals surface area contributed by atoms with E-state index in [0.29, 0.717) is 31.3 Å². The summed E-state index contributed by atoms with van der Waals surface area (Å²) in [4.78, 5) is 4.07. The van der Waals surface area contributed by atoms with Crippen molar-refractivity contribution in [1.29, 1.82) is 0 Å². The van der Waals surface area contributed by atoms with Crippen LogP contribution >= 0.6 is 0 Å². The van der Waals surface area contributed by atoms with Gasteiger partial charge in [-0.2, -0.15) is 0 Å². The van der Waals surface area contributed by atoms with Crippen LogP contribution in [0.15, 0.2) is 29.4 Å². The summed E-state index contributed by atoms with van der Waals surface area (Å²) in [5, 5.41) is 9.46. The van der Waals surface area contributed by atoms with Crippen LogP contribution < -0.4 is 10.5 Å². The van der Waals surface area contributed by atoms with Crippen molar-refractivity contribution in [2.45, 2.75) is 42.9 Å². The van der Waals surface area contributed by atoms with Gasteiger partial charge in [0.05, 0.1) is 6.10 Å². The van der Waals surface area contributed by atoms with E-state index >= 15 is 0 Å². The lowest BCUT2D eigenvalue weighted by atomic mass is 9.94. The standard InChI is InChI=1S/C13H18N4O3S/c14-12-13(17-8-2-1-3-11(17)15-12)21(19,20)16-9-4-6-10(18)7-5-9/h1-3,8-10,16,18H,4-7,14H2. The van der Waals surface area contributed by atoms with Crippen LogP contribution in [0.5, 0.6) is 0 Å². The zero-order valence-corrected chi connectivity index (χ0v) is 12.3. The number of aliphatic hydroxyl groups is 1. The Balaban J connectivity index is 1.92. The first-order valence-corrected chi connectivity index (χ1v) is 8.38. The largest absolute Gasteiger partial charge is 0.393 e. The van der Waals surface area contributed by atoms with Crippen LogP contribution in [0.25, 0.3) is 5.65 Å². The Bertz CT molecular complexity index is 748. The summed E-state index contributed by atoms with van der Waals surface area (Å²) in [5.74, 6) is -0.00968. The third kappa shape index (κ3) is 2.74. The number of hydrogen-bond donors (Lipinski definition) is 3. The second-order valence-corrected chi connectivity index (χ2v) is 6.99. The monoisotopic (exact) mass is 310 g/mol. The summed E-state index contributed by atoms with van der Waals surface area (Å²) in [7, 11) is -3.75. The van der Waals surface area contributed by atoms with Crippen molar-refractivity contribution in [1.82, 2.24) is 14.1 Å². The predicted molar refractivity (Wildman–Crippen MR) is 78.2 cm³/mol. The van der Waals surface area contributed by atoms with E-state index in [1.54, 1.807) is 24.4 Å². The van der Waals surface area contributed by atoms with Crippen LogP contribution in [0.3, 0.4) is 0 Å². The lowest BCUT2D eigenvalue weighted by Crippen LogP contribution is -2.39. The molecule has 0 bridgehead atoms. The molecule has 0 aromatic carbocycles. The number of aliphatic hydroxyl groups excluding tert-OH is 1. The van der Waals surface area contributed by atoms with Gasteiger partial charge in [0.25, 0.3) is 10.0 Å². The summed E-state index contributed by atoms with van der Waals surface area (Å²) in [6.07, 6.45) is 3.75. The molecule has 3 rings (SSSR count). The normalized spacial score (nSPS) is 23.5. The SMILES string of the molecule is Nc1nc2ccccn2c1S(=O)(=O)NC1CCC(O)CC1. The van der Waals surface area contributed by atoms with Crippen molar-refractivity contribution < 1.29 is 13.5 Å². The molecule has 114 valence electrons. The number of nitrogens with two attached hydrogens (primary N) is 1. The fourth-order valence-corrected chi connectivity index (χ4v) is 4.25. The van der Waals surface area contributed by atoms with Crippen molar-refractivity contribution in [2.75, 3.05) is 5.73 Å². The summed E-state index contributed by atoms with van der Waals surface area (Å²) < 4.78 is 29.3. The number of imidazole rings is 1. The molecule has 0 unspecified atom stereocenters. The number of nitrogens with zero attached hydrogens (tertiary/aromatic N) is 2. The van der Waals surface area contributed by atoms with E-state index in [4.69, 9.17) is 5.73 Å². The van der Waals surface area contributed by atoms with Gasteiger partial charge in [-0.1, -0.05) is 6.07 Å². The van der Waals surface area contributed by atoms with Crippen LogP contribution in [0.4, 0.5) is 5.82 Å². The van der Waals surface area contributed by atoms with Gasteiger partial charge in [0.15, 0.2) is 10.8 Å². The highest BCUT2D eigenvalue weighted by Gasteiger charge is 2.29. The number of anilines is 1. The van der Waals surface area contributed by atoms with Gasteiger partial charge in [0.2, 0.25) is 0 Å². The van der Waals surface area contributed by atoms with Gasteiger partial charge >= 0.3 is 0 Å². The molecule has 8 heteroatoms. The van der Waals surface area contributed by atoms with Crippen molar-refractivity contribution in [3.63, 3.8) is 0 Å². The van der Waals surface area contributed by atoms with Gasteiger partial charge in [-0.25, -0.2) is 18.1 Å². The molecule has 21 heavy (non-hydrogen) atoms. The van der Waals surface area contributed by atoms with E-state index in [9.17, 15) is 13.5 Å². The van der Waals surface area contributed by atoms with Crippen molar-refractivity contribution in [3.05, 3.63) is 24.4 Å². The molecule has 0 spiro atoms. The molecule has 0 atom stereocenters. The molecule has 7 nitrogen and oxygen atoms in total. The maximum absolute atomic E-state index is 12.6. The van der Waals surface area contributed by atoms with Crippen LogP contribution in [-0.4, -0.2) is 35.1 Å². The topological polar surface area (TPSA) is 110 Å². The molecule has 0 saturated heterocycles.